The summed E-state index contributed by atoms with van der Waals surface area (Å²) in [5.74, 6) is 0. The van der Waals surface area contributed by atoms with Crippen molar-refractivity contribution in [1.82, 2.24) is 4.57 Å². The van der Waals surface area contributed by atoms with Gasteiger partial charge in [0.1, 0.15) is 0 Å². The highest BCUT2D eigenvalue weighted by atomic mass is 35.5. The van der Waals surface area contributed by atoms with E-state index in [1.165, 1.54) is 4.57 Å². The highest BCUT2D eigenvalue weighted by Gasteiger charge is 2.10. The van der Waals surface area contributed by atoms with Gasteiger partial charge in [-0.15, -0.1) is 0 Å². The third-order valence-electron chi connectivity index (χ3n) is 2.14. The van der Waals surface area contributed by atoms with Crippen LogP contribution in [0.2, 0.25) is 5.02 Å². The number of rotatable bonds is 0. The Morgan fingerprint density at radius 3 is 2.79 bits per heavy atom. The Kier molecular flexibility index (Phi) is 1.97. The Hall–Kier alpha value is -1.48. The molecule has 0 radical (unpaired) electrons. The van der Waals surface area contributed by atoms with Crippen molar-refractivity contribution < 1.29 is 9.90 Å². The predicted molar refractivity (Wildman–Crippen MR) is 55.1 cm³/mol. The standard InChI is InChI=1S/C10H8ClNO2/c1-6-4-7-5-8(11)2-3-9(7)12(6)10(13)14/h2-5H,1H3,(H,13,14). The first kappa shape index (κ1) is 9.09. The summed E-state index contributed by atoms with van der Waals surface area (Å²) < 4.78 is 1.24. The highest BCUT2D eigenvalue weighted by molar-refractivity contribution is 6.31. The van der Waals surface area contributed by atoms with Gasteiger partial charge in [0, 0.05) is 16.1 Å². The molecule has 0 aliphatic heterocycles. The second-order valence-electron chi connectivity index (χ2n) is 3.11. The number of benzene rings is 1. The van der Waals surface area contributed by atoms with Crippen LogP contribution in [0.1, 0.15) is 5.69 Å². The maximum absolute atomic E-state index is 10.9. The van der Waals surface area contributed by atoms with E-state index < -0.39 is 6.09 Å². The molecule has 4 heteroatoms. The van der Waals surface area contributed by atoms with Gasteiger partial charge >= 0.3 is 6.09 Å². The van der Waals surface area contributed by atoms with Gasteiger partial charge in [0.15, 0.2) is 0 Å². The molecule has 1 aromatic heterocycles. The first-order valence-electron chi connectivity index (χ1n) is 4.10. The van der Waals surface area contributed by atoms with Gasteiger partial charge in [-0.3, -0.25) is 4.57 Å². The molecule has 0 saturated carbocycles. The monoisotopic (exact) mass is 209 g/mol. The molecule has 0 amide bonds. The first-order chi connectivity index (χ1) is 6.59. The number of fused-ring (bicyclic) bond motifs is 1. The average molecular weight is 210 g/mol. The van der Waals surface area contributed by atoms with Crippen LogP contribution in [0.25, 0.3) is 10.9 Å². The van der Waals surface area contributed by atoms with Crippen LogP contribution in [0.15, 0.2) is 24.3 Å². The first-order valence-corrected chi connectivity index (χ1v) is 4.48. The number of halogens is 1. The lowest BCUT2D eigenvalue weighted by molar-refractivity contribution is 0.197. The minimum Gasteiger partial charge on any atom is -0.464 e. The molecule has 1 aromatic carbocycles. The number of carbonyl (C=O) groups is 1. The quantitative estimate of drug-likeness (QED) is 0.724. The van der Waals surface area contributed by atoms with E-state index in [4.69, 9.17) is 16.7 Å². The zero-order valence-electron chi connectivity index (χ0n) is 7.49. The van der Waals surface area contributed by atoms with E-state index in [9.17, 15) is 4.79 Å². The molecule has 0 aliphatic carbocycles. The van der Waals surface area contributed by atoms with Crippen molar-refractivity contribution >= 4 is 28.6 Å². The number of nitrogens with zero attached hydrogens (tertiary/aromatic N) is 1. The van der Waals surface area contributed by atoms with Crippen LogP contribution in [-0.2, 0) is 0 Å². The Labute approximate surface area is 85.5 Å². The molecule has 72 valence electrons. The van der Waals surface area contributed by atoms with Crippen molar-refractivity contribution in [2.75, 3.05) is 0 Å². The maximum Gasteiger partial charge on any atom is 0.416 e. The van der Waals surface area contributed by atoms with Gasteiger partial charge in [0.25, 0.3) is 0 Å². The molecule has 0 spiro atoms. The van der Waals surface area contributed by atoms with E-state index in [0.717, 1.165) is 5.39 Å². The second kappa shape index (κ2) is 3.03. The molecule has 0 unspecified atom stereocenters. The number of aryl methyl sites for hydroxylation is 1. The van der Waals surface area contributed by atoms with E-state index in [1.807, 2.05) is 0 Å². The van der Waals surface area contributed by atoms with Crippen LogP contribution in [0.3, 0.4) is 0 Å². The molecule has 1 N–H and O–H groups in total. The summed E-state index contributed by atoms with van der Waals surface area (Å²) in [5, 5.41) is 10.4. The largest absolute Gasteiger partial charge is 0.464 e. The van der Waals surface area contributed by atoms with Gasteiger partial charge in [0.05, 0.1) is 5.52 Å². The number of carboxylic acid groups (broad SMARTS) is 1. The number of hydrogen-bond acceptors (Lipinski definition) is 1. The van der Waals surface area contributed by atoms with Crippen LogP contribution in [0.4, 0.5) is 4.79 Å². The second-order valence-corrected chi connectivity index (χ2v) is 3.54. The molecular formula is C10H8ClNO2. The molecule has 0 fully saturated rings. The molecule has 3 nitrogen and oxygen atoms in total. The summed E-state index contributed by atoms with van der Waals surface area (Å²) >= 11 is 5.80. The van der Waals surface area contributed by atoms with Gasteiger partial charge in [-0.1, -0.05) is 11.6 Å². The number of aromatic nitrogens is 1. The van der Waals surface area contributed by atoms with Crippen LogP contribution in [0, 0.1) is 6.92 Å². The van der Waals surface area contributed by atoms with Gasteiger partial charge < -0.3 is 5.11 Å². The molecular weight excluding hydrogens is 202 g/mol. The minimum absolute atomic E-state index is 0.611. The fourth-order valence-corrected chi connectivity index (χ4v) is 1.76. The fraction of sp³-hybridized carbons (Fsp3) is 0.100. The van der Waals surface area contributed by atoms with Crippen molar-refractivity contribution in [2.45, 2.75) is 6.92 Å². The maximum atomic E-state index is 10.9. The number of hydrogen-bond donors (Lipinski definition) is 1. The van der Waals surface area contributed by atoms with Crippen LogP contribution >= 0.6 is 11.6 Å². The van der Waals surface area contributed by atoms with Crippen molar-refractivity contribution in [3.63, 3.8) is 0 Å². The summed E-state index contributed by atoms with van der Waals surface area (Å²) in [5.41, 5.74) is 1.36. The summed E-state index contributed by atoms with van der Waals surface area (Å²) in [6, 6.07) is 6.94. The van der Waals surface area contributed by atoms with E-state index in [0.29, 0.717) is 16.2 Å². The summed E-state index contributed by atoms with van der Waals surface area (Å²) in [6.07, 6.45) is -0.972. The molecule has 0 atom stereocenters. The Morgan fingerprint density at radius 2 is 2.14 bits per heavy atom. The van der Waals surface area contributed by atoms with Crippen LogP contribution in [0.5, 0.6) is 0 Å². The molecule has 0 saturated heterocycles. The zero-order valence-corrected chi connectivity index (χ0v) is 8.25. The van der Waals surface area contributed by atoms with E-state index in [2.05, 4.69) is 0 Å². The summed E-state index contributed by atoms with van der Waals surface area (Å²) in [7, 11) is 0. The Morgan fingerprint density at radius 1 is 1.43 bits per heavy atom. The van der Waals surface area contributed by atoms with Crippen LogP contribution < -0.4 is 0 Å². The third kappa shape index (κ3) is 1.26. The normalized spacial score (nSPS) is 10.7. The van der Waals surface area contributed by atoms with Gasteiger partial charge in [0.2, 0.25) is 0 Å². The van der Waals surface area contributed by atoms with Crippen LogP contribution in [-0.4, -0.2) is 15.8 Å². The van der Waals surface area contributed by atoms with Gasteiger partial charge in [-0.05, 0) is 31.2 Å². The van der Waals surface area contributed by atoms with E-state index in [1.54, 1.807) is 31.2 Å². The van der Waals surface area contributed by atoms with E-state index >= 15 is 0 Å². The van der Waals surface area contributed by atoms with Crippen molar-refractivity contribution in [3.05, 3.63) is 35.0 Å². The lowest BCUT2D eigenvalue weighted by Gasteiger charge is -1.99. The highest BCUT2D eigenvalue weighted by Crippen LogP contribution is 2.22. The smallest absolute Gasteiger partial charge is 0.416 e. The SMILES string of the molecule is Cc1cc2cc(Cl)ccc2n1C(=O)O. The van der Waals surface area contributed by atoms with Crippen molar-refractivity contribution in [3.8, 4) is 0 Å². The fourth-order valence-electron chi connectivity index (χ4n) is 1.58. The minimum atomic E-state index is -0.972. The molecule has 14 heavy (non-hydrogen) atoms. The average Bonchev–Trinajstić information content (AvgIpc) is 2.39. The Bertz CT molecular complexity index is 516. The van der Waals surface area contributed by atoms with Crippen molar-refractivity contribution in [2.24, 2.45) is 0 Å². The summed E-state index contributed by atoms with van der Waals surface area (Å²) in [4.78, 5) is 10.9. The summed E-state index contributed by atoms with van der Waals surface area (Å²) in [6.45, 7) is 1.75. The predicted octanol–water partition coefficient (Wildman–Crippen LogP) is 3.13. The van der Waals surface area contributed by atoms with Gasteiger partial charge in [-0.2, -0.15) is 0 Å². The molecule has 1 heterocycles. The molecule has 2 rings (SSSR count). The zero-order chi connectivity index (χ0) is 10.3. The third-order valence-corrected chi connectivity index (χ3v) is 2.37. The Balaban J connectivity index is 2.84. The van der Waals surface area contributed by atoms with Gasteiger partial charge in [-0.25, -0.2) is 4.79 Å². The molecule has 0 bridgehead atoms. The van der Waals surface area contributed by atoms with E-state index in [-0.39, 0.29) is 0 Å². The topological polar surface area (TPSA) is 42.2 Å². The van der Waals surface area contributed by atoms with Crippen molar-refractivity contribution in [1.29, 1.82) is 0 Å². The molecule has 0 aliphatic rings. The lowest BCUT2D eigenvalue weighted by atomic mass is 10.2. The molecule has 2 aromatic rings. The lowest BCUT2D eigenvalue weighted by Crippen LogP contribution is -2.08.